The van der Waals surface area contributed by atoms with E-state index in [0.717, 1.165) is 24.8 Å². The van der Waals surface area contributed by atoms with E-state index in [1.165, 1.54) is 11.3 Å². The van der Waals surface area contributed by atoms with Gasteiger partial charge in [-0.2, -0.15) is 5.26 Å². The lowest BCUT2D eigenvalue weighted by atomic mass is 9.96. The van der Waals surface area contributed by atoms with Crippen molar-refractivity contribution in [3.63, 3.8) is 0 Å². The Kier molecular flexibility index (Phi) is 5.74. The molecule has 0 saturated heterocycles. The van der Waals surface area contributed by atoms with Crippen molar-refractivity contribution in [3.05, 3.63) is 16.0 Å². The largest absolute Gasteiger partial charge is 0.383 e. The van der Waals surface area contributed by atoms with Gasteiger partial charge in [-0.1, -0.05) is 0 Å². The molecule has 0 radical (unpaired) electrons. The second kappa shape index (κ2) is 7.55. The first-order valence-corrected chi connectivity index (χ1v) is 8.04. The summed E-state index contributed by atoms with van der Waals surface area (Å²) in [6.07, 6.45) is 4.27. The number of nitriles is 1. The van der Waals surface area contributed by atoms with Gasteiger partial charge in [0.1, 0.15) is 11.1 Å². The average molecular weight is 307 g/mol. The Balaban J connectivity index is 1.98. The number of aryl methyl sites for hydroxylation is 1. The van der Waals surface area contributed by atoms with Crippen LogP contribution in [0.3, 0.4) is 0 Å². The van der Waals surface area contributed by atoms with Crippen molar-refractivity contribution in [2.75, 3.05) is 25.6 Å². The van der Waals surface area contributed by atoms with Crippen LogP contribution in [-0.4, -0.2) is 32.2 Å². The topological polar surface area (TPSA) is 74.2 Å². The zero-order valence-corrected chi connectivity index (χ0v) is 13.3. The molecule has 1 atom stereocenters. The number of carbonyl (C=O) groups excluding carboxylic acids is 1. The quantitative estimate of drug-likeness (QED) is 0.843. The molecule has 0 aliphatic heterocycles. The number of methoxy groups -OCH3 is 1. The maximum absolute atomic E-state index is 12.0. The molecule has 2 rings (SSSR count). The van der Waals surface area contributed by atoms with Crippen molar-refractivity contribution in [1.82, 2.24) is 5.32 Å². The number of hydrogen-bond acceptors (Lipinski definition) is 5. The van der Waals surface area contributed by atoms with E-state index >= 15 is 0 Å². The molecule has 0 saturated carbocycles. The van der Waals surface area contributed by atoms with E-state index in [-0.39, 0.29) is 18.5 Å². The number of nitrogens with one attached hydrogen (secondary N) is 2. The number of thiophene rings is 1. The van der Waals surface area contributed by atoms with Gasteiger partial charge in [-0.25, -0.2) is 0 Å². The van der Waals surface area contributed by atoms with Crippen LogP contribution in [0.1, 0.15) is 35.8 Å². The van der Waals surface area contributed by atoms with Gasteiger partial charge in [-0.05, 0) is 38.2 Å². The molecule has 0 unspecified atom stereocenters. The predicted molar refractivity (Wildman–Crippen MR) is 83.6 cm³/mol. The Bertz CT molecular complexity index is 548. The van der Waals surface area contributed by atoms with E-state index in [0.29, 0.717) is 17.2 Å². The van der Waals surface area contributed by atoms with Crippen molar-refractivity contribution in [2.45, 2.75) is 38.6 Å². The molecule has 1 aliphatic carbocycles. The minimum atomic E-state index is -0.118. The fraction of sp³-hybridized carbons (Fsp3) is 0.600. The highest BCUT2D eigenvalue weighted by Gasteiger charge is 2.21. The van der Waals surface area contributed by atoms with Gasteiger partial charge in [0.05, 0.1) is 18.7 Å². The molecular formula is C15H21N3O2S. The highest BCUT2D eigenvalue weighted by atomic mass is 32.1. The Morgan fingerprint density at radius 2 is 2.24 bits per heavy atom. The highest BCUT2D eigenvalue weighted by molar-refractivity contribution is 7.16. The maximum atomic E-state index is 12.0. The second-order valence-corrected chi connectivity index (χ2v) is 6.42. The number of nitrogens with zero attached hydrogens (tertiary/aromatic N) is 1. The Hall–Kier alpha value is -1.42. The molecule has 1 aliphatic rings. The summed E-state index contributed by atoms with van der Waals surface area (Å²) in [5, 5.41) is 16.0. The van der Waals surface area contributed by atoms with Gasteiger partial charge in [-0.3, -0.25) is 4.79 Å². The summed E-state index contributed by atoms with van der Waals surface area (Å²) < 4.78 is 5.01. The van der Waals surface area contributed by atoms with Crippen LogP contribution < -0.4 is 10.6 Å². The number of ether oxygens (including phenoxy) is 1. The van der Waals surface area contributed by atoms with Crippen LogP contribution in [0.2, 0.25) is 0 Å². The lowest BCUT2D eigenvalue weighted by Crippen LogP contribution is -2.36. The lowest BCUT2D eigenvalue weighted by Gasteiger charge is -2.12. The SMILES string of the molecule is COC[C@@H](C)NCC(=O)Nc1sc2c(c1C#N)CCCC2. The van der Waals surface area contributed by atoms with Crippen molar-refractivity contribution in [2.24, 2.45) is 0 Å². The van der Waals surface area contributed by atoms with Crippen LogP contribution in [0.25, 0.3) is 0 Å². The fourth-order valence-electron chi connectivity index (χ4n) is 2.52. The Labute approximate surface area is 129 Å². The molecule has 1 amide bonds. The van der Waals surface area contributed by atoms with Crippen LogP contribution in [0, 0.1) is 11.3 Å². The van der Waals surface area contributed by atoms with Crippen LogP contribution in [0.5, 0.6) is 0 Å². The number of anilines is 1. The van der Waals surface area contributed by atoms with Gasteiger partial charge in [0.25, 0.3) is 0 Å². The molecule has 21 heavy (non-hydrogen) atoms. The summed E-state index contributed by atoms with van der Waals surface area (Å²) in [6, 6.07) is 2.37. The van der Waals surface area contributed by atoms with Gasteiger partial charge in [0.15, 0.2) is 0 Å². The molecule has 114 valence electrons. The molecule has 1 aromatic heterocycles. The first-order chi connectivity index (χ1) is 10.2. The third kappa shape index (κ3) is 4.03. The molecule has 0 fully saturated rings. The molecule has 2 N–H and O–H groups in total. The second-order valence-electron chi connectivity index (χ2n) is 5.31. The number of fused-ring (bicyclic) bond motifs is 1. The number of amides is 1. The van der Waals surface area contributed by atoms with E-state index in [1.54, 1.807) is 18.4 Å². The van der Waals surface area contributed by atoms with E-state index < -0.39 is 0 Å². The highest BCUT2D eigenvalue weighted by Crippen LogP contribution is 2.37. The van der Waals surface area contributed by atoms with E-state index in [4.69, 9.17) is 4.74 Å². The minimum absolute atomic E-state index is 0.118. The fourth-order valence-corrected chi connectivity index (χ4v) is 3.77. The standard InChI is InChI=1S/C15H21N3O2S/c1-10(9-20-2)17-8-14(19)18-15-12(7-16)11-5-3-4-6-13(11)21-15/h10,17H,3-6,8-9H2,1-2H3,(H,18,19)/t10-/m1/s1. The molecule has 0 spiro atoms. The van der Waals surface area contributed by atoms with Gasteiger partial charge in [0.2, 0.25) is 5.91 Å². The van der Waals surface area contributed by atoms with Crippen molar-refractivity contribution >= 4 is 22.2 Å². The summed E-state index contributed by atoms with van der Waals surface area (Å²) in [6.45, 7) is 2.74. The first-order valence-electron chi connectivity index (χ1n) is 7.22. The zero-order valence-electron chi connectivity index (χ0n) is 12.5. The van der Waals surface area contributed by atoms with Gasteiger partial charge < -0.3 is 15.4 Å². The smallest absolute Gasteiger partial charge is 0.238 e. The normalized spacial score (nSPS) is 15.1. The van der Waals surface area contributed by atoms with E-state index in [9.17, 15) is 10.1 Å². The molecule has 0 aromatic carbocycles. The van der Waals surface area contributed by atoms with Crippen LogP contribution in [-0.2, 0) is 22.4 Å². The molecule has 6 heteroatoms. The van der Waals surface area contributed by atoms with Crippen LogP contribution >= 0.6 is 11.3 Å². The number of carbonyl (C=O) groups is 1. The molecule has 1 aromatic rings. The zero-order chi connectivity index (χ0) is 15.2. The summed E-state index contributed by atoms with van der Waals surface area (Å²) in [7, 11) is 1.63. The van der Waals surface area contributed by atoms with Gasteiger partial charge in [-0.15, -0.1) is 11.3 Å². The van der Waals surface area contributed by atoms with E-state index in [2.05, 4.69) is 16.7 Å². The third-order valence-electron chi connectivity index (χ3n) is 3.56. The van der Waals surface area contributed by atoms with E-state index in [1.807, 2.05) is 6.92 Å². The summed E-state index contributed by atoms with van der Waals surface area (Å²) in [4.78, 5) is 13.2. The van der Waals surface area contributed by atoms with Crippen molar-refractivity contribution in [1.29, 1.82) is 5.26 Å². The van der Waals surface area contributed by atoms with Crippen molar-refractivity contribution in [3.8, 4) is 6.07 Å². The van der Waals surface area contributed by atoms with Gasteiger partial charge in [0, 0.05) is 18.0 Å². The average Bonchev–Trinajstić information content (AvgIpc) is 2.82. The summed E-state index contributed by atoms with van der Waals surface area (Å²) >= 11 is 1.55. The number of rotatable bonds is 6. The predicted octanol–water partition coefficient (Wildman–Crippen LogP) is 2.06. The van der Waals surface area contributed by atoms with Crippen LogP contribution in [0.4, 0.5) is 5.00 Å². The monoisotopic (exact) mass is 307 g/mol. The summed E-state index contributed by atoms with van der Waals surface area (Å²) in [5.41, 5.74) is 1.80. The first kappa shape index (κ1) is 16.0. The Morgan fingerprint density at radius 3 is 2.95 bits per heavy atom. The minimum Gasteiger partial charge on any atom is -0.383 e. The molecule has 5 nitrogen and oxygen atoms in total. The maximum Gasteiger partial charge on any atom is 0.238 e. The molecule has 1 heterocycles. The van der Waals surface area contributed by atoms with Crippen molar-refractivity contribution < 1.29 is 9.53 Å². The third-order valence-corrected chi connectivity index (χ3v) is 4.77. The molecular weight excluding hydrogens is 286 g/mol. The summed E-state index contributed by atoms with van der Waals surface area (Å²) in [5.74, 6) is -0.118. The lowest BCUT2D eigenvalue weighted by molar-refractivity contribution is -0.115. The number of hydrogen-bond donors (Lipinski definition) is 2. The van der Waals surface area contributed by atoms with Crippen LogP contribution in [0.15, 0.2) is 0 Å². The Morgan fingerprint density at radius 1 is 1.48 bits per heavy atom. The molecule has 0 bridgehead atoms. The van der Waals surface area contributed by atoms with Gasteiger partial charge >= 0.3 is 0 Å².